The Labute approximate surface area is 82.9 Å². The van der Waals surface area contributed by atoms with Crippen molar-refractivity contribution in [2.45, 2.75) is 32.8 Å². The monoisotopic (exact) mass is 198 g/mol. The van der Waals surface area contributed by atoms with Gasteiger partial charge in [0.15, 0.2) is 0 Å². The van der Waals surface area contributed by atoms with E-state index in [4.69, 9.17) is 9.47 Å². The van der Waals surface area contributed by atoms with Crippen LogP contribution in [0.3, 0.4) is 0 Å². The molecule has 0 aliphatic carbocycles. The van der Waals surface area contributed by atoms with Crippen molar-refractivity contribution in [1.82, 2.24) is 0 Å². The number of cyclic esters (lactones) is 1. The van der Waals surface area contributed by atoms with Gasteiger partial charge < -0.3 is 9.47 Å². The third kappa shape index (κ3) is 2.87. The molecule has 0 aromatic carbocycles. The average Bonchev–Trinajstić information content (AvgIpc) is 2.42. The number of ether oxygens (including phenoxy) is 2. The molecule has 0 N–H and O–H groups in total. The van der Waals surface area contributed by atoms with E-state index >= 15 is 0 Å². The van der Waals surface area contributed by atoms with Crippen molar-refractivity contribution < 1.29 is 19.1 Å². The molecule has 1 rings (SSSR count). The Balaban J connectivity index is 2.45. The Hall–Kier alpha value is -1.32. The van der Waals surface area contributed by atoms with Gasteiger partial charge in [-0.2, -0.15) is 0 Å². The molecule has 0 aromatic rings. The predicted molar refractivity (Wildman–Crippen MR) is 49.5 cm³/mol. The van der Waals surface area contributed by atoms with Crippen LogP contribution in [0.1, 0.15) is 26.7 Å². The van der Waals surface area contributed by atoms with Gasteiger partial charge in [-0.3, -0.25) is 4.79 Å². The van der Waals surface area contributed by atoms with Gasteiger partial charge >= 0.3 is 11.9 Å². The van der Waals surface area contributed by atoms with Crippen LogP contribution in [-0.4, -0.2) is 24.6 Å². The summed E-state index contributed by atoms with van der Waals surface area (Å²) < 4.78 is 9.63. The molecule has 0 saturated carbocycles. The molecule has 1 aliphatic rings. The van der Waals surface area contributed by atoms with Crippen molar-refractivity contribution in [3.8, 4) is 0 Å². The van der Waals surface area contributed by atoms with Crippen molar-refractivity contribution >= 4 is 11.9 Å². The second-order valence-electron chi connectivity index (χ2n) is 3.16. The Bertz CT molecular complexity index is 267. The third-order valence-corrected chi connectivity index (χ3v) is 1.90. The smallest absolute Gasteiger partial charge is 0.334 e. The number of esters is 2. The van der Waals surface area contributed by atoms with Gasteiger partial charge in [0, 0.05) is 12.0 Å². The number of rotatable bonds is 3. The van der Waals surface area contributed by atoms with E-state index in [0.29, 0.717) is 18.6 Å². The molecule has 1 fully saturated rings. The first-order valence-corrected chi connectivity index (χ1v) is 4.69. The molecular weight excluding hydrogens is 184 g/mol. The molecule has 1 heterocycles. The second kappa shape index (κ2) is 4.79. The van der Waals surface area contributed by atoms with E-state index in [1.165, 1.54) is 0 Å². The summed E-state index contributed by atoms with van der Waals surface area (Å²) in [7, 11) is 0. The van der Waals surface area contributed by atoms with Gasteiger partial charge in [-0.1, -0.05) is 6.08 Å². The summed E-state index contributed by atoms with van der Waals surface area (Å²) >= 11 is 0. The quantitative estimate of drug-likeness (QED) is 0.505. The molecule has 14 heavy (non-hydrogen) atoms. The van der Waals surface area contributed by atoms with E-state index in [1.807, 2.05) is 6.92 Å². The van der Waals surface area contributed by atoms with E-state index in [-0.39, 0.29) is 24.5 Å². The topological polar surface area (TPSA) is 52.6 Å². The summed E-state index contributed by atoms with van der Waals surface area (Å²) in [5, 5.41) is 0. The molecule has 0 radical (unpaired) electrons. The molecule has 0 spiro atoms. The number of hydrogen-bond acceptors (Lipinski definition) is 4. The molecule has 1 unspecified atom stereocenters. The number of hydrogen-bond donors (Lipinski definition) is 0. The van der Waals surface area contributed by atoms with Crippen LogP contribution < -0.4 is 0 Å². The van der Waals surface area contributed by atoms with E-state index < -0.39 is 0 Å². The largest absolute Gasteiger partial charge is 0.466 e. The zero-order valence-corrected chi connectivity index (χ0v) is 8.41. The first kappa shape index (κ1) is 10.8. The van der Waals surface area contributed by atoms with Gasteiger partial charge in [-0.25, -0.2) is 4.79 Å². The molecule has 4 nitrogen and oxygen atoms in total. The fourth-order valence-electron chi connectivity index (χ4n) is 1.29. The van der Waals surface area contributed by atoms with Crippen LogP contribution in [-0.2, 0) is 19.1 Å². The van der Waals surface area contributed by atoms with Crippen molar-refractivity contribution in [2.24, 2.45) is 0 Å². The molecule has 0 aromatic heterocycles. The summed E-state index contributed by atoms with van der Waals surface area (Å²) in [5.41, 5.74) is 0.575. The van der Waals surface area contributed by atoms with Gasteiger partial charge in [0.05, 0.1) is 13.0 Å². The lowest BCUT2D eigenvalue weighted by Gasteiger charge is -1.97. The maximum Gasteiger partial charge on any atom is 0.334 e. The first-order valence-electron chi connectivity index (χ1n) is 4.69. The lowest BCUT2D eigenvalue weighted by atomic mass is 10.1. The Kier molecular flexibility index (Phi) is 3.68. The summed E-state index contributed by atoms with van der Waals surface area (Å²) in [6.45, 7) is 3.93. The Morgan fingerprint density at radius 2 is 2.43 bits per heavy atom. The molecule has 0 bridgehead atoms. The summed E-state index contributed by atoms with van der Waals surface area (Å²) in [6, 6.07) is 0. The fourth-order valence-corrected chi connectivity index (χ4v) is 1.29. The highest BCUT2D eigenvalue weighted by atomic mass is 16.5. The normalized spacial score (nSPS) is 23.7. The minimum Gasteiger partial charge on any atom is -0.466 e. The van der Waals surface area contributed by atoms with Gasteiger partial charge in [0.25, 0.3) is 0 Å². The highest BCUT2D eigenvalue weighted by Crippen LogP contribution is 2.20. The van der Waals surface area contributed by atoms with E-state index in [1.54, 1.807) is 13.0 Å². The summed E-state index contributed by atoms with van der Waals surface area (Å²) in [6.07, 6.45) is 2.24. The zero-order valence-electron chi connectivity index (χ0n) is 8.41. The zero-order chi connectivity index (χ0) is 10.6. The Morgan fingerprint density at radius 1 is 1.71 bits per heavy atom. The highest BCUT2D eigenvalue weighted by Gasteiger charge is 2.25. The van der Waals surface area contributed by atoms with Gasteiger partial charge in [0.2, 0.25) is 0 Å². The van der Waals surface area contributed by atoms with Crippen LogP contribution in [0.4, 0.5) is 0 Å². The van der Waals surface area contributed by atoms with E-state index in [0.717, 1.165) is 0 Å². The van der Waals surface area contributed by atoms with Crippen molar-refractivity contribution in [3.05, 3.63) is 11.6 Å². The SMILES string of the molecule is CCOC(=O)C/C=C1\CC(C)OC1=O. The summed E-state index contributed by atoms with van der Waals surface area (Å²) in [5.74, 6) is -0.630. The van der Waals surface area contributed by atoms with E-state index in [9.17, 15) is 9.59 Å². The number of carbonyl (C=O) groups is 2. The highest BCUT2D eigenvalue weighted by molar-refractivity contribution is 5.91. The average molecular weight is 198 g/mol. The Morgan fingerprint density at radius 3 is 2.93 bits per heavy atom. The van der Waals surface area contributed by atoms with Crippen LogP contribution >= 0.6 is 0 Å². The molecule has 4 heteroatoms. The fraction of sp³-hybridized carbons (Fsp3) is 0.600. The van der Waals surface area contributed by atoms with Crippen LogP contribution in [0, 0.1) is 0 Å². The lowest BCUT2D eigenvalue weighted by Crippen LogP contribution is -2.03. The maximum absolute atomic E-state index is 11.1. The van der Waals surface area contributed by atoms with Crippen LogP contribution in [0.25, 0.3) is 0 Å². The predicted octanol–water partition coefficient (Wildman–Crippen LogP) is 1.20. The maximum atomic E-state index is 11.1. The third-order valence-electron chi connectivity index (χ3n) is 1.90. The van der Waals surface area contributed by atoms with Crippen molar-refractivity contribution in [2.75, 3.05) is 6.61 Å². The first-order chi connectivity index (χ1) is 6.63. The van der Waals surface area contributed by atoms with Crippen molar-refractivity contribution in [1.29, 1.82) is 0 Å². The van der Waals surface area contributed by atoms with Crippen molar-refractivity contribution in [3.63, 3.8) is 0 Å². The van der Waals surface area contributed by atoms with E-state index in [2.05, 4.69) is 0 Å². The number of carbonyl (C=O) groups excluding carboxylic acids is 2. The van der Waals surface area contributed by atoms with Crippen LogP contribution in [0.15, 0.2) is 11.6 Å². The van der Waals surface area contributed by atoms with Crippen LogP contribution in [0.5, 0.6) is 0 Å². The van der Waals surface area contributed by atoms with Crippen LogP contribution in [0.2, 0.25) is 0 Å². The van der Waals surface area contributed by atoms with Gasteiger partial charge in [-0.15, -0.1) is 0 Å². The minimum absolute atomic E-state index is 0.0732. The lowest BCUT2D eigenvalue weighted by molar-refractivity contribution is -0.142. The van der Waals surface area contributed by atoms with Gasteiger partial charge in [0.1, 0.15) is 6.10 Å². The molecule has 1 atom stereocenters. The summed E-state index contributed by atoms with van der Waals surface area (Å²) in [4.78, 5) is 22.1. The minimum atomic E-state index is -0.318. The molecule has 1 aliphatic heterocycles. The molecule has 78 valence electrons. The standard InChI is InChI=1S/C10H14O4/c1-3-13-9(11)5-4-8-6-7(2)14-10(8)12/h4,7H,3,5-6H2,1-2H3/b8-4+. The second-order valence-corrected chi connectivity index (χ2v) is 3.16. The molecule has 0 amide bonds. The molecule has 1 saturated heterocycles. The molecular formula is C10H14O4. The van der Waals surface area contributed by atoms with Gasteiger partial charge in [-0.05, 0) is 13.8 Å².